The monoisotopic (exact) mass is 315 g/mol. The lowest BCUT2D eigenvalue weighted by molar-refractivity contribution is -0.385. The lowest BCUT2D eigenvalue weighted by Crippen LogP contribution is -1.91. The molecule has 0 radical (unpaired) electrons. The second-order valence-corrected chi connectivity index (χ2v) is 4.94. The fourth-order valence-electron chi connectivity index (χ4n) is 1.76. The summed E-state index contributed by atoms with van der Waals surface area (Å²) in [5, 5.41) is 15.5. The fourth-order valence-corrected chi connectivity index (χ4v) is 1.94. The molecule has 0 aliphatic heterocycles. The zero-order chi connectivity index (χ0) is 15.9. The molecule has 0 fully saturated rings. The predicted molar refractivity (Wildman–Crippen MR) is 90.4 cm³/mol. The van der Waals surface area contributed by atoms with Crippen LogP contribution < -0.4 is 5.43 Å². The number of hydrazone groups is 1. The zero-order valence-electron chi connectivity index (χ0n) is 11.9. The van der Waals surface area contributed by atoms with E-state index in [1.54, 1.807) is 36.4 Å². The number of para-hydroxylation sites is 1. The van der Waals surface area contributed by atoms with E-state index in [9.17, 15) is 10.1 Å². The number of allylic oxidation sites excluding steroid dienone is 1. The van der Waals surface area contributed by atoms with Crippen molar-refractivity contribution >= 4 is 35.3 Å². The van der Waals surface area contributed by atoms with Crippen molar-refractivity contribution in [3.8, 4) is 0 Å². The lowest BCUT2D eigenvalue weighted by Gasteiger charge is -2.02. The minimum absolute atomic E-state index is 0.0606. The van der Waals surface area contributed by atoms with Crippen LogP contribution in [0.25, 0.3) is 6.08 Å². The summed E-state index contributed by atoms with van der Waals surface area (Å²) >= 11 is 6.01. The zero-order valence-corrected chi connectivity index (χ0v) is 12.6. The Morgan fingerprint density at radius 1 is 1.27 bits per heavy atom. The number of aryl methyl sites for hydroxylation is 1. The summed E-state index contributed by atoms with van der Waals surface area (Å²) in [4.78, 5) is 10.5. The molecule has 0 saturated heterocycles. The molecule has 0 bridgehead atoms. The molecule has 0 aromatic heterocycles. The average molecular weight is 316 g/mol. The number of nitrogens with one attached hydrogen (secondary N) is 1. The molecule has 0 atom stereocenters. The van der Waals surface area contributed by atoms with Crippen molar-refractivity contribution in [2.24, 2.45) is 5.10 Å². The number of anilines is 1. The first-order chi connectivity index (χ1) is 10.6. The third-order valence-corrected chi connectivity index (χ3v) is 3.34. The van der Waals surface area contributed by atoms with Gasteiger partial charge in [0.05, 0.1) is 16.2 Å². The molecular formula is C16H14ClN3O2. The molecule has 112 valence electrons. The quantitative estimate of drug-likeness (QED) is 0.495. The molecule has 2 rings (SSSR count). The average Bonchev–Trinajstić information content (AvgIpc) is 2.50. The topological polar surface area (TPSA) is 67.5 Å². The highest BCUT2D eigenvalue weighted by atomic mass is 35.5. The van der Waals surface area contributed by atoms with Gasteiger partial charge in [-0.05, 0) is 42.8 Å². The van der Waals surface area contributed by atoms with Crippen molar-refractivity contribution in [3.05, 3.63) is 74.8 Å². The maximum absolute atomic E-state index is 10.9. The van der Waals surface area contributed by atoms with Crippen molar-refractivity contribution in [1.29, 1.82) is 0 Å². The molecule has 0 amide bonds. The van der Waals surface area contributed by atoms with E-state index in [-0.39, 0.29) is 5.69 Å². The van der Waals surface area contributed by atoms with Crippen molar-refractivity contribution in [2.75, 3.05) is 5.43 Å². The van der Waals surface area contributed by atoms with Gasteiger partial charge in [0.15, 0.2) is 0 Å². The van der Waals surface area contributed by atoms with E-state index in [1.165, 1.54) is 12.3 Å². The largest absolute Gasteiger partial charge is 0.278 e. The van der Waals surface area contributed by atoms with Crippen LogP contribution in [0.1, 0.15) is 11.1 Å². The Balaban J connectivity index is 2.00. The third kappa shape index (κ3) is 4.17. The summed E-state index contributed by atoms with van der Waals surface area (Å²) in [6.45, 7) is 1.92. The maximum atomic E-state index is 10.9. The summed E-state index contributed by atoms with van der Waals surface area (Å²) in [5.41, 5.74) is 5.18. The van der Waals surface area contributed by atoms with Crippen LogP contribution in [-0.4, -0.2) is 11.1 Å². The summed E-state index contributed by atoms with van der Waals surface area (Å²) in [7, 11) is 0. The first-order valence-corrected chi connectivity index (χ1v) is 6.91. The van der Waals surface area contributed by atoms with E-state index >= 15 is 0 Å². The molecule has 22 heavy (non-hydrogen) atoms. The molecule has 6 heteroatoms. The van der Waals surface area contributed by atoms with E-state index in [2.05, 4.69) is 10.5 Å². The second kappa shape index (κ2) is 7.38. The molecule has 0 aliphatic carbocycles. The van der Waals surface area contributed by atoms with Crippen molar-refractivity contribution in [1.82, 2.24) is 0 Å². The molecule has 0 unspecified atom stereocenters. The third-order valence-electron chi connectivity index (χ3n) is 2.94. The normalized spacial score (nSPS) is 11.2. The van der Waals surface area contributed by atoms with Crippen LogP contribution in [0.15, 0.2) is 53.6 Å². The molecule has 0 aliphatic rings. The summed E-state index contributed by atoms with van der Waals surface area (Å²) < 4.78 is 0. The van der Waals surface area contributed by atoms with Gasteiger partial charge in [-0.15, -0.1) is 0 Å². The Hall–Kier alpha value is -2.66. The van der Waals surface area contributed by atoms with Crippen LogP contribution in [0.3, 0.4) is 0 Å². The maximum Gasteiger partial charge on any atom is 0.276 e. The number of hydrogen-bond acceptors (Lipinski definition) is 4. The van der Waals surface area contributed by atoms with E-state index in [4.69, 9.17) is 11.6 Å². The Kier molecular flexibility index (Phi) is 5.27. The first-order valence-electron chi connectivity index (χ1n) is 6.53. The Bertz CT molecular complexity index is 742. The molecule has 0 spiro atoms. The van der Waals surface area contributed by atoms with Crippen LogP contribution in [0.2, 0.25) is 5.02 Å². The van der Waals surface area contributed by atoms with Gasteiger partial charge >= 0.3 is 0 Å². The molecule has 0 heterocycles. The number of nitro groups is 1. The predicted octanol–water partition coefficient (Wildman–Crippen LogP) is 4.67. The van der Waals surface area contributed by atoms with Gasteiger partial charge in [0.25, 0.3) is 5.69 Å². The summed E-state index contributed by atoms with van der Waals surface area (Å²) in [6, 6.07) is 12.1. The van der Waals surface area contributed by atoms with Gasteiger partial charge in [-0.25, -0.2) is 0 Å². The Morgan fingerprint density at radius 2 is 2.05 bits per heavy atom. The Morgan fingerprint density at radius 3 is 2.77 bits per heavy atom. The van der Waals surface area contributed by atoms with Gasteiger partial charge in [0.2, 0.25) is 0 Å². The second-order valence-electron chi connectivity index (χ2n) is 4.53. The number of hydrogen-bond donors (Lipinski definition) is 1. The van der Waals surface area contributed by atoms with E-state index in [0.29, 0.717) is 10.6 Å². The van der Waals surface area contributed by atoms with E-state index in [1.807, 2.05) is 19.1 Å². The molecular weight excluding hydrogens is 302 g/mol. The van der Waals surface area contributed by atoms with Gasteiger partial charge in [-0.3, -0.25) is 15.5 Å². The highest BCUT2D eigenvalue weighted by Gasteiger charge is 2.08. The number of rotatable bonds is 5. The van der Waals surface area contributed by atoms with Gasteiger partial charge in [-0.1, -0.05) is 29.8 Å². The molecule has 0 saturated carbocycles. The fraction of sp³-hybridized carbons (Fsp3) is 0.0625. The van der Waals surface area contributed by atoms with E-state index < -0.39 is 4.92 Å². The highest BCUT2D eigenvalue weighted by molar-refractivity contribution is 6.31. The minimum atomic E-state index is -0.413. The number of halogens is 1. The minimum Gasteiger partial charge on any atom is -0.278 e. The van der Waals surface area contributed by atoms with Crippen LogP contribution in [0, 0.1) is 17.0 Å². The summed E-state index contributed by atoms with van der Waals surface area (Å²) in [5.74, 6) is 0. The number of nitrogens with zero attached hydrogens (tertiary/aromatic N) is 2. The van der Waals surface area contributed by atoms with Crippen molar-refractivity contribution in [3.63, 3.8) is 0 Å². The van der Waals surface area contributed by atoms with Crippen molar-refractivity contribution in [2.45, 2.75) is 6.92 Å². The van der Waals surface area contributed by atoms with Gasteiger partial charge in [0, 0.05) is 17.3 Å². The Labute approximate surface area is 133 Å². The number of benzene rings is 2. The van der Waals surface area contributed by atoms with Crippen molar-refractivity contribution < 1.29 is 4.92 Å². The van der Waals surface area contributed by atoms with Gasteiger partial charge in [-0.2, -0.15) is 5.10 Å². The van der Waals surface area contributed by atoms with Crippen LogP contribution in [-0.2, 0) is 0 Å². The van der Waals surface area contributed by atoms with Gasteiger partial charge in [0.1, 0.15) is 0 Å². The smallest absolute Gasteiger partial charge is 0.276 e. The van der Waals surface area contributed by atoms with E-state index in [0.717, 1.165) is 11.3 Å². The van der Waals surface area contributed by atoms with Crippen LogP contribution in [0.4, 0.5) is 11.4 Å². The molecule has 2 aromatic rings. The van der Waals surface area contributed by atoms with Crippen LogP contribution in [0.5, 0.6) is 0 Å². The summed E-state index contributed by atoms with van der Waals surface area (Å²) in [6.07, 6.45) is 4.78. The SMILES string of the molecule is Cc1ccc(NN=CC=Cc2ccccc2[N+](=O)[O-])cc1Cl. The standard InChI is InChI=1S/C16H14ClN3O2/c1-12-8-9-14(11-15(12)17)19-18-10-4-6-13-5-2-3-7-16(13)20(21)22/h2-11,19H,1H3. The van der Waals surface area contributed by atoms with Gasteiger partial charge < -0.3 is 0 Å². The first kappa shape index (κ1) is 15.7. The van der Waals surface area contributed by atoms with Crippen LogP contribution >= 0.6 is 11.6 Å². The highest BCUT2D eigenvalue weighted by Crippen LogP contribution is 2.20. The number of nitro benzene ring substituents is 1. The lowest BCUT2D eigenvalue weighted by atomic mass is 10.2. The molecule has 2 aromatic carbocycles. The molecule has 5 nitrogen and oxygen atoms in total. The molecule has 1 N–H and O–H groups in total.